The van der Waals surface area contributed by atoms with E-state index in [-0.39, 0.29) is 21.7 Å². The Labute approximate surface area is 756 Å². The fourth-order valence-corrected chi connectivity index (χ4v) is 25.4. The third-order valence-corrected chi connectivity index (χ3v) is 31.8. The van der Waals surface area contributed by atoms with Crippen LogP contribution < -0.4 is 4.90 Å². The van der Waals surface area contributed by atoms with E-state index in [1.165, 1.54) is 402 Å². The maximum absolute atomic E-state index is 7.73. The number of nitrogens with zero attached hydrogens (tertiary/aromatic N) is 1. The molecule has 3 nitrogen and oxygen atoms in total. The fourth-order valence-electron chi connectivity index (χ4n) is 25.4. The Bertz CT molecular complexity index is 5470. The summed E-state index contributed by atoms with van der Waals surface area (Å²) in [5, 5.41) is 7.83. The molecule has 0 atom stereocenters. The lowest BCUT2D eigenvalue weighted by Gasteiger charge is -2.40. The molecule has 12 aromatic rings. The highest BCUT2D eigenvalue weighted by molar-refractivity contribution is 6.21. The van der Waals surface area contributed by atoms with E-state index >= 15 is 0 Å². The molecule has 2 aromatic heterocycles. The van der Waals surface area contributed by atoms with Crippen molar-refractivity contribution in [3.05, 3.63) is 220 Å². The molecular weight excluding hydrogens is 1510 g/mol. The monoisotopic (exact) mass is 1670 g/mol. The number of hydrogen-bond acceptors (Lipinski definition) is 3. The molecule has 10 aromatic carbocycles. The number of benzene rings is 10. The lowest BCUT2D eigenvalue weighted by molar-refractivity contribution is 0.369. The highest BCUT2D eigenvalue weighted by atomic mass is 16.3. The van der Waals surface area contributed by atoms with Crippen molar-refractivity contribution in [2.45, 2.75) is 411 Å². The van der Waals surface area contributed by atoms with Gasteiger partial charge in [-0.2, -0.15) is 0 Å². The first kappa shape index (κ1) is 90.2. The Balaban J connectivity index is 0.956. The number of anilines is 3. The van der Waals surface area contributed by atoms with E-state index < -0.39 is 0 Å². The number of para-hydroxylation sites is 2. The van der Waals surface area contributed by atoms with Gasteiger partial charge < -0.3 is 13.7 Å². The van der Waals surface area contributed by atoms with Gasteiger partial charge in [0.2, 0.25) is 0 Å². The largest absolute Gasteiger partial charge is 0.456 e. The molecule has 0 saturated carbocycles. The van der Waals surface area contributed by atoms with E-state index in [2.05, 4.69) is 236 Å². The topological polar surface area (TPSA) is 29.5 Å². The standard InChI is InChI=1S/C122H157NO2/c1-9-17-25-33-41-53-78-119(79-54-42-34-26-18-10-2)102-76-77-110-112(97-66-48-51-70-108(97)124-110)111(102)100-89-105-99(88-106(100)119)94-74-72-91(86-103(94)120(105,80-55-43-35-27-19-11-3)81-56-44-36-28-20-12-4)123(107-69-61-63-90-62-45-46-64-93(90)107)92-73-75-96-104(87-92)122(84-59-39-31-23-15-7,85-60-40-32-24-16-8)116-113(96)114-98-67-49-52-71-109(98)125-118(114)115-95-65-47-50-68-101(95)121(117(115)116,82-57-37-29-21-13-5)83-58-38-30-22-14-6/h45-52,61-77,86-89H,9-44,53-60,78-85H2,1-8H3. The van der Waals surface area contributed by atoms with Gasteiger partial charge in [0.05, 0.1) is 5.69 Å². The molecule has 0 saturated heterocycles. The molecule has 4 aliphatic rings. The van der Waals surface area contributed by atoms with Crippen LogP contribution in [0.4, 0.5) is 17.1 Å². The summed E-state index contributed by atoms with van der Waals surface area (Å²) in [6, 6.07) is 72.1. The van der Waals surface area contributed by atoms with E-state index in [0.717, 1.165) is 48.0 Å². The molecule has 662 valence electrons. The van der Waals surface area contributed by atoms with Crippen molar-refractivity contribution in [3.63, 3.8) is 0 Å². The predicted octanol–water partition coefficient (Wildman–Crippen LogP) is 39.6. The molecule has 0 N–H and O–H groups in total. The molecule has 0 unspecified atom stereocenters. The van der Waals surface area contributed by atoms with E-state index in [0.29, 0.717) is 0 Å². The first-order valence-corrected chi connectivity index (χ1v) is 52.6. The Morgan fingerprint density at radius 2 is 0.584 bits per heavy atom. The van der Waals surface area contributed by atoms with Gasteiger partial charge in [-0.25, -0.2) is 0 Å². The minimum Gasteiger partial charge on any atom is -0.456 e. The zero-order chi connectivity index (χ0) is 86.0. The minimum absolute atomic E-state index is 0.116. The molecule has 0 spiro atoms. The van der Waals surface area contributed by atoms with Gasteiger partial charge in [0, 0.05) is 65.5 Å². The van der Waals surface area contributed by atoms with Crippen molar-refractivity contribution < 1.29 is 8.83 Å². The number of unbranched alkanes of at least 4 members (excludes halogenated alkanes) is 36. The van der Waals surface area contributed by atoms with Gasteiger partial charge in [-0.3, -0.25) is 0 Å². The second-order valence-electron chi connectivity index (χ2n) is 40.1. The molecule has 0 aliphatic heterocycles. The molecule has 4 aliphatic carbocycles. The first-order valence-electron chi connectivity index (χ1n) is 52.6. The zero-order valence-electron chi connectivity index (χ0n) is 79.3. The number of hydrogen-bond donors (Lipinski definition) is 0. The molecule has 3 heteroatoms. The van der Waals surface area contributed by atoms with Gasteiger partial charge in [0.25, 0.3) is 0 Å². The fraction of sp³-hybridized carbons (Fsp3) is 0.525. The van der Waals surface area contributed by atoms with Gasteiger partial charge in [-0.1, -0.05) is 453 Å². The number of furan rings is 2. The van der Waals surface area contributed by atoms with E-state index in [1.807, 2.05) is 0 Å². The third-order valence-electron chi connectivity index (χ3n) is 31.8. The Morgan fingerprint density at radius 3 is 1.10 bits per heavy atom. The van der Waals surface area contributed by atoms with Crippen LogP contribution in [0.25, 0.3) is 99.2 Å². The number of fused-ring (bicyclic) bond motifs is 23. The van der Waals surface area contributed by atoms with Crippen LogP contribution in [0.5, 0.6) is 0 Å². The average Bonchev–Trinajstić information content (AvgIpc) is 1.49. The maximum Gasteiger partial charge on any atom is 0.144 e. The molecule has 0 radical (unpaired) electrons. The first-order chi connectivity index (χ1) is 61.7. The summed E-state index contributed by atoms with van der Waals surface area (Å²) >= 11 is 0. The Morgan fingerprint density at radius 1 is 0.224 bits per heavy atom. The molecular formula is C122H157NO2. The second-order valence-corrected chi connectivity index (χ2v) is 40.1. The van der Waals surface area contributed by atoms with Crippen LogP contribution in [0.1, 0.15) is 434 Å². The lowest BCUT2D eigenvalue weighted by Crippen LogP contribution is -2.33. The Hall–Kier alpha value is -8.14. The Kier molecular flexibility index (Phi) is 30.9. The summed E-state index contributed by atoms with van der Waals surface area (Å²) in [4.78, 5) is 2.82. The quantitative estimate of drug-likeness (QED) is 0.0356. The van der Waals surface area contributed by atoms with Crippen LogP contribution in [-0.2, 0) is 21.7 Å². The minimum atomic E-state index is -0.270. The highest BCUT2D eigenvalue weighted by Gasteiger charge is 2.55. The van der Waals surface area contributed by atoms with Crippen molar-refractivity contribution in [1.29, 1.82) is 0 Å². The molecule has 16 rings (SSSR count). The van der Waals surface area contributed by atoms with Crippen LogP contribution in [0, 0.1) is 0 Å². The van der Waals surface area contributed by atoms with Crippen molar-refractivity contribution in [2.24, 2.45) is 0 Å². The SMILES string of the molecule is CCCCCCCCC1(CCCCCCCC)c2cc(N(c3ccc4c(c3)C(CCCCCCC)(CCCCCCC)c3c5c(c6oc7ccccc7c6c3-4)-c3ccccc3C5(CCCCCCC)CCCCCCC)c3cccc4ccccc34)ccc2-c2cc3c(cc21)-c1c(ccc2oc4ccccc4c12)C3(CCCCCCCC)CCCCCCCC. The van der Waals surface area contributed by atoms with Crippen LogP contribution >= 0.6 is 0 Å². The normalized spacial score (nSPS) is 14.6. The van der Waals surface area contributed by atoms with Crippen LogP contribution in [0.2, 0.25) is 0 Å². The lowest BCUT2D eigenvalue weighted by atomic mass is 9.62. The molecule has 0 amide bonds. The molecule has 0 fully saturated rings. The highest BCUT2D eigenvalue weighted by Crippen LogP contribution is 2.69. The molecule has 2 heterocycles. The summed E-state index contributed by atoms with van der Waals surface area (Å²) in [6.07, 6.45) is 65.6. The van der Waals surface area contributed by atoms with E-state index in [4.69, 9.17) is 8.83 Å². The molecule has 125 heavy (non-hydrogen) atoms. The average molecular weight is 1670 g/mol. The predicted molar refractivity (Wildman–Crippen MR) is 544 cm³/mol. The van der Waals surface area contributed by atoms with Crippen molar-refractivity contribution in [3.8, 4) is 44.5 Å². The van der Waals surface area contributed by atoms with Crippen molar-refractivity contribution in [1.82, 2.24) is 0 Å². The van der Waals surface area contributed by atoms with Gasteiger partial charge >= 0.3 is 0 Å². The van der Waals surface area contributed by atoms with Gasteiger partial charge in [0.15, 0.2) is 0 Å². The van der Waals surface area contributed by atoms with Crippen LogP contribution in [0.15, 0.2) is 185 Å². The summed E-state index contributed by atoms with van der Waals surface area (Å²) in [6.45, 7) is 19.1. The molecule has 0 bridgehead atoms. The summed E-state index contributed by atoms with van der Waals surface area (Å²) in [7, 11) is 0. The smallest absolute Gasteiger partial charge is 0.144 e. The van der Waals surface area contributed by atoms with Crippen molar-refractivity contribution in [2.75, 3.05) is 4.90 Å². The summed E-state index contributed by atoms with van der Waals surface area (Å²) in [5.74, 6) is 0. The van der Waals surface area contributed by atoms with Gasteiger partial charge in [0.1, 0.15) is 22.3 Å². The summed E-state index contributed by atoms with van der Waals surface area (Å²) in [5.41, 5.74) is 32.0. The number of rotatable bonds is 55. The van der Waals surface area contributed by atoms with Gasteiger partial charge in [-0.05, 0) is 201 Å². The third kappa shape index (κ3) is 18.0. The zero-order valence-corrected chi connectivity index (χ0v) is 79.3. The second kappa shape index (κ2) is 42.9. The van der Waals surface area contributed by atoms with E-state index in [1.54, 1.807) is 44.5 Å². The van der Waals surface area contributed by atoms with Crippen LogP contribution in [0.3, 0.4) is 0 Å². The maximum atomic E-state index is 7.73. The van der Waals surface area contributed by atoms with Gasteiger partial charge in [-0.15, -0.1) is 0 Å². The van der Waals surface area contributed by atoms with E-state index in [9.17, 15) is 0 Å². The van der Waals surface area contributed by atoms with Crippen LogP contribution in [-0.4, -0.2) is 0 Å². The van der Waals surface area contributed by atoms with Crippen molar-refractivity contribution >= 4 is 71.7 Å². The summed E-state index contributed by atoms with van der Waals surface area (Å²) < 4.78 is 14.8.